The van der Waals surface area contributed by atoms with E-state index in [1.165, 1.54) is 0 Å². The highest BCUT2D eigenvalue weighted by Gasteiger charge is 2.19. The standard InChI is InChI=1S/C13H17ClFNO3S/c1-4-12(8(2)3)16-13(17)9-5-10(15)7-11(6-9)20(14,18)19/h5-8,12H,4H2,1-3H3,(H,16,17). The topological polar surface area (TPSA) is 63.2 Å². The van der Waals surface area contributed by atoms with E-state index >= 15 is 0 Å². The lowest BCUT2D eigenvalue weighted by Gasteiger charge is -2.20. The van der Waals surface area contributed by atoms with Gasteiger partial charge in [-0.1, -0.05) is 20.8 Å². The second-order valence-corrected chi connectivity index (χ2v) is 7.41. The Morgan fingerprint density at radius 1 is 1.35 bits per heavy atom. The fourth-order valence-corrected chi connectivity index (χ4v) is 2.61. The van der Waals surface area contributed by atoms with E-state index in [1.54, 1.807) is 0 Å². The Kier molecular flexibility index (Phi) is 5.53. The minimum atomic E-state index is -4.08. The summed E-state index contributed by atoms with van der Waals surface area (Å²) in [6.45, 7) is 5.83. The monoisotopic (exact) mass is 321 g/mol. The predicted octanol–water partition coefficient (Wildman–Crippen LogP) is 2.92. The molecule has 1 rings (SSSR count). The number of rotatable bonds is 5. The van der Waals surface area contributed by atoms with Gasteiger partial charge >= 0.3 is 0 Å². The largest absolute Gasteiger partial charge is 0.349 e. The van der Waals surface area contributed by atoms with Gasteiger partial charge in [0.1, 0.15) is 5.82 Å². The Bertz CT molecular complexity index is 602. The van der Waals surface area contributed by atoms with Crippen LogP contribution in [-0.2, 0) is 9.05 Å². The minimum Gasteiger partial charge on any atom is -0.349 e. The van der Waals surface area contributed by atoms with Crippen molar-refractivity contribution < 1.29 is 17.6 Å². The maximum Gasteiger partial charge on any atom is 0.261 e. The highest BCUT2D eigenvalue weighted by atomic mass is 35.7. The average molecular weight is 322 g/mol. The van der Waals surface area contributed by atoms with E-state index in [4.69, 9.17) is 10.7 Å². The first-order valence-electron chi connectivity index (χ1n) is 6.21. The molecule has 1 atom stereocenters. The van der Waals surface area contributed by atoms with E-state index in [9.17, 15) is 17.6 Å². The molecule has 1 amide bonds. The number of hydrogen-bond acceptors (Lipinski definition) is 3. The van der Waals surface area contributed by atoms with Crippen LogP contribution in [0.15, 0.2) is 23.1 Å². The molecule has 0 aliphatic rings. The quantitative estimate of drug-likeness (QED) is 0.848. The van der Waals surface area contributed by atoms with Crippen LogP contribution in [0.1, 0.15) is 37.6 Å². The summed E-state index contributed by atoms with van der Waals surface area (Å²) < 4.78 is 35.8. The van der Waals surface area contributed by atoms with Gasteiger partial charge in [-0.2, -0.15) is 0 Å². The molecule has 1 aromatic carbocycles. The van der Waals surface area contributed by atoms with E-state index < -0.39 is 25.7 Å². The predicted molar refractivity (Wildman–Crippen MR) is 75.8 cm³/mol. The summed E-state index contributed by atoms with van der Waals surface area (Å²) in [4.78, 5) is 11.6. The Hall–Kier alpha value is -1.14. The van der Waals surface area contributed by atoms with Crippen LogP contribution in [0.3, 0.4) is 0 Å². The molecule has 0 aromatic heterocycles. The molecule has 4 nitrogen and oxygen atoms in total. The molecule has 20 heavy (non-hydrogen) atoms. The third kappa shape index (κ3) is 4.45. The second kappa shape index (κ2) is 6.54. The number of carbonyl (C=O) groups excluding carboxylic acids is 1. The molecule has 0 aliphatic heterocycles. The highest BCUT2D eigenvalue weighted by Crippen LogP contribution is 2.19. The van der Waals surface area contributed by atoms with E-state index in [2.05, 4.69) is 5.32 Å². The van der Waals surface area contributed by atoms with Crippen LogP contribution in [0.25, 0.3) is 0 Å². The van der Waals surface area contributed by atoms with Crippen molar-refractivity contribution in [1.82, 2.24) is 5.32 Å². The summed E-state index contributed by atoms with van der Waals surface area (Å²) in [6.07, 6.45) is 0.722. The van der Waals surface area contributed by atoms with Gasteiger partial charge in [0.15, 0.2) is 0 Å². The van der Waals surface area contributed by atoms with Gasteiger partial charge in [0, 0.05) is 22.3 Å². The normalized spacial score (nSPS) is 13.3. The van der Waals surface area contributed by atoms with Gasteiger partial charge in [-0.3, -0.25) is 4.79 Å². The number of nitrogens with one attached hydrogen (secondary N) is 1. The summed E-state index contributed by atoms with van der Waals surface area (Å²) in [5.41, 5.74) is -0.0664. The van der Waals surface area contributed by atoms with Crippen LogP contribution in [-0.4, -0.2) is 20.4 Å². The maximum absolute atomic E-state index is 13.4. The van der Waals surface area contributed by atoms with E-state index in [0.717, 1.165) is 24.6 Å². The van der Waals surface area contributed by atoms with Crippen LogP contribution >= 0.6 is 10.7 Å². The van der Waals surface area contributed by atoms with Crippen LogP contribution in [0, 0.1) is 11.7 Å². The third-order valence-electron chi connectivity index (χ3n) is 2.98. The summed E-state index contributed by atoms with van der Waals surface area (Å²) in [5.74, 6) is -1.13. The first-order chi connectivity index (χ1) is 9.15. The second-order valence-electron chi connectivity index (χ2n) is 4.85. The van der Waals surface area contributed by atoms with Crippen LogP contribution in [0.4, 0.5) is 4.39 Å². The van der Waals surface area contributed by atoms with Crippen LogP contribution in [0.5, 0.6) is 0 Å². The lowest BCUT2D eigenvalue weighted by Crippen LogP contribution is -2.38. The summed E-state index contributed by atoms with van der Waals surface area (Å²) in [5, 5.41) is 2.74. The van der Waals surface area contributed by atoms with E-state index in [0.29, 0.717) is 0 Å². The van der Waals surface area contributed by atoms with Crippen molar-refractivity contribution in [1.29, 1.82) is 0 Å². The summed E-state index contributed by atoms with van der Waals surface area (Å²) >= 11 is 0. The van der Waals surface area contributed by atoms with Crippen molar-refractivity contribution >= 4 is 25.6 Å². The Balaban J connectivity index is 3.08. The SMILES string of the molecule is CCC(NC(=O)c1cc(F)cc(S(=O)(=O)Cl)c1)C(C)C. The number of amides is 1. The molecule has 0 radical (unpaired) electrons. The summed E-state index contributed by atoms with van der Waals surface area (Å²) in [7, 11) is 1.09. The molecule has 0 heterocycles. The van der Waals surface area contributed by atoms with Crippen molar-refractivity contribution in [3.63, 3.8) is 0 Å². The molecule has 0 saturated heterocycles. The molecule has 0 aliphatic carbocycles. The first kappa shape index (κ1) is 16.9. The zero-order valence-corrected chi connectivity index (χ0v) is 13.1. The molecule has 0 saturated carbocycles. The molecule has 112 valence electrons. The molecule has 7 heteroatoms. The van der Waals surface area contributed by atoms with Gasteiger partial charge in [0.2, 0.25) is 0 Å². The lowest BCUT2D eigenvalue weighted by atomic mass is 10.0. The minimum absolute atomic E-state index is 0.0664. The van der Waals surface area contributed by atoms with Gasteiger partial charge < -0.3 is 5.32 Å². The Morgan fingerprint density at radius 2 is 1.95 bits per heavy atom. The van der Waals surface area contributed by atoms with Crippen molar-refractivity contribution in [3.8, 4) is 0 Å². The fourth-order valence-electron chi connectivity index (χ4n) is 1.83. The molecule has 1 N–H and O–H groups in total. The molecule has 0 spiro atoms. The van der Waals surface area contributed by atoms with Crippen molar-refractivity contribution in [2.24, 2.45) is 5.92 Å². The van der Waals surface area contributed by atoms with Crippen molar-refractivity contribution in [3.05, 3.63) is 29.6 Å². The Labute approximate surface area is 122 Å². The number of benzene rings is 1. The fraction of sp³-hybridized carbons (Fsp3) is 0.462. The maximum atomic E-state index is 13.4. The van der Waals surface area contributed by atoms with Gasteiger partial charge in [-0.15, -0.1) is 0 Å². The molecule has 0 bridgehead atoms. The number of carbonyl (C=O) groups is 1. The van der Waals surface area contributed by atoms with Crippen molar-refractivity contribution in [2.45, 2.75) is 38.1 Å². The highest BCUT2D eigenvalue weighted by molar-refractivity contribution is 8.13. The number of halogens is 2. The van der Waals surface area contributed by atoms with E-state index in [-0.39, 0.29) is 17.5 Å². The zero-order valence-electron chi connectivity index (χ0n) is 11.5. The van der Waals surface area contributed by atoms with Gasteiger partial charge in [0.25, 0.3) is 15.0 Å². The van der Waals surface area contributed by atoms with E-state index in [1.807, 2.05) is 20.8 Å². The smallest absolute Gasteiger partial charge is 0.261 e. The first-order valence-corrected chi connectivity index (χ1v) is 8.52. The molecular weight excluding hydrogens is 305 g/mol. The van der Waals surface area contributed by atoms with Crippen LogP contribution < -0.4 is 5.32 Å². The Morgan fingerprint density at radius 3 is 2.40 bits per heavy atom. The molecule has 1 aromatic rings. The molecule has 0 fully saturated rings. The van der Waals surface area contributed by atoms with Gasteiger partial charge in [-0.25, -0.2) is 12.8 Å². The van der Waals surface area contributed by atoms with Gasteiger partial charge in [0.05, 0.1) is 4.90 Å². The zero-order chi connectivity index (χ0) is 15.5. The average Bonchev–Trinajstić information content (AvgIpc) is 2.33. The molecule has 1 unspecified atom stereocenters. The molecular formula is C13H17ClFNO3S. The van der Waals surface area contributed by atoms with Crippen molar-refractivity contribution in [2.75, 3.05) is 0 Å². The van der Waals surface area contributed by atoms with Gasteiger partial charge in [-0.05, 0) is 30.5 Å². The third-order valence-corrected chi connectivity index (χ3v) is 4.31. The van der Waals surface area contributed by atoms with Crippen LogP contribution in [0.2, 0.25) is 0 Å². The summed E-state index contributed by atoms with van der Waals surface area (Å²) in [6, 6.07) is 2.75. The lowest BCUT2D eigenvalue weighted by molar-refractivity contribution is 0.0924. The number of hydrogen-bond donors (Lipinski definition) is 1.